The molecule has 0 fully saturated rings. The van der Waals surface area contributed by atoms with Crippen LogP contribution in [0.5, 0.6) is 0 Å². The molecule has 2 aromatic carbocycles. The number of nitrogens with one attached hydrogen (secondary N) is 1. The van der Waals surface area contributed by atoms with E-state index in [1.807, 2.05) is 60.7 Å². The third-order valence-electron chi connectivity index (χ3n) is 4.26. The molecule has 0 aliphatic carbocycles. The van der Waals surface area contributed by atoms with Crippen LogP contribution in [0.2, 0.25) is 0 Å². The fourth-order valence-electron chi connectivity index (χ4n) is 2.88. The maximum absolute atomic E-state index is 12.4. The summed E-state index contributed by atoms with van der Waals surface area (Å²) >= 11 is 0. The molecule has 2 aromatic heterocycles. The highest BCUT2D eigenvalue weighted by Crippen LogP contribution is 2.21. The van der Waals surface area contributed by atoms with Gasteiger partial charge in [0.05, 0.1) is 11.2 Å². The van der Waals surface area contributed by atoms with Gasteiger partial charge >= 0.3 is 0 Å². The molecule has 0 spiro atoms. The number of aromatic nitrogens is 3. The van der Waals surface area contributed by atoms with Gasteiger partial charge in [-0.25, -0.2) is 0 Å². The van der Waals surface area contributed by atoms with Crippen LogP contribution in [0.1, 0.15) is 27.2 Å². The summed E-state index contributed by atoms with van der Waals surface area (Å²) in [4.78, 5) is 16.4. The Morgan fingerprint density at radius 2 is 1.77 bits per heavy atom. The second kappa shape index (κ2) is 7.15. The molecule has 4 nitrogen and oxygen atoms in total. The molecular formula is C22H17N3O. The van der Waals surface area contributed by atoms with Crippen molar-refractivity contribution in [1.29, 1.82) is 0 Å². The second-order valence-corrected chi connectivity index (χ2v) is 6.07. The molecule has 4 heteroatoms. The monoisotopic (exact) mass is 339 g/mol. The van der Waals surface area contributed by atoms with Gasteiger partial charge in [-0.1, -0.05) is 42.5 Å². The van der Waals surface area contributed by atoms with Crippen LogP contribution in [0.15, 0.2) is 73.1 Å². The molecule has 126 valence electrons. The molecule has 0 aliphatic rings. The zero-order chi connectivity index (χ0) is 17.8. The van der Waals surface area contributed by atoms with Gasteiger partial charge in [0.25, 0.3) is 0 Å². The van der Waals surface area contributed by atoms with E-state index in [1.54, 1.807) is 24.5 Å². The highest BCUT2D eigenvalue weighted by molar-refractivity contribution is 5.98. The predicted octanol–water partition coefficient (Wildman–Crippen LogP) is 4.55. The van der Waals surface area contributed by atoms with Gasteiger partial charge in [0, 0.05) is 29.8 Å². The van der Waals surface area contributed by atoms with Crippen molar-refractivity contribution in [2.45, 2.75) is 6.42 Å². The third-order valence-corrected chi connectivity index (χ3v) is 4.26. The van der Waals surface area contributed by atoms with Crippen LogP contribution in [0.3, 0.4) is 0 Å². The first-order valence-corrected chi connectivity index (χ1v) is 8.43. The topological polar surface area (TPSA) is 58.6 Å². The number of ketones is 1. The van der Waals surface area contributed by atoms with Crippen LogP contribution in [0.4, 0.5) is 0 Å². The number of pyridine rings is 1. The molecule has 0 aliphatic heterocycles. The van der Waals surface area contributed by atoms with E-state index in [9.17, 15) is 4.79 Å². The number of hydrogen-bond donors (Lipinski definition) is 1. The minimum absolute atomic E-state index is 0.0802. The Hall–Kier alpha value is -3.53. The van der Waals surface area contributed by atoms with Crippen molar-refractivity contribution in [3.8, 4) is 0 Å². The highest BCUT2D eigenvalue weighted by atomic mass is 16.1. The van der Waals surface area contributed by atoms with E-state index in [1.165, 1.54) is 0 Å². The van der Waals surface area contributed by atoms with Crippen LogP contribution in [0, 0.1) is 0 Å². The molecule has 1 N–H and O–H groups in total. The van der Waals surface area contributed by atoms with Crippen molar-refractivity contribution < 1.29 is 4.79 Å². The standard InChI is InChI=1S/C22H17N3O/c26-22(18-10-12-23-13-11-18)15-17-7-9-21-19(14-17)20(24-25-21)8-6-16-4-2-1-3-5-16/h1-14H,15H2,(H,24,25)/b8-6+. The molecular weight excluding hydrogens is 322 g/mol. The molecule has 4 rings (SSSR count). The van der Waals surface area contributed by atoms with Crippen LogP contribution in [-0.2, 0) is 6.42 Å². The number of benzene rings is 2. The zero-order valence-corrected chi connectivity index (χ0v) is 14.1. The van der Waals surface area contributed by atoms with Gasteiger partial charge in [-0.15, -0.1) is 0 Å². The van der Waals surface area contributed by atoms with Crippen molar-refractivity contribution in [3.63, 3.8) is 0 Å². The van der Waals surface area contributed by atoms with E-state index < -0.39 is 0 Å². The summed E-state index contributed by atoms with van der Waals surface area (Å²) in [5, 5.41) is 8.42. The minimum atomic E-state index is 0.0802. The van der Waals surface area contributed by atoms with Crippen molar-refractivity contribution in [2.24, 2.45) is 0 Å². The van der Waals surface area contributed by atoms with Gasteiger partial charge in [0.1, 0.15) is 0 Å². The average Bonchev–Trinajstić information content (AvgIpc) is 3.10. The largest absolute Gasteiger partial charge is 0.294 e. The first-order valence-electron chi connectivity index (χ1n) is 8.43. The molecule has 26 heavy (non-hydrogen) atoms. The van der Waals surface area contributed by atoms with Gasteiger partial charge in [0.15, 0.2) is 5.78 Å². The summed E-state index contributed by atoms with van der Waals surface area (Å²) in [7, 11) is 0. The van der Waals surface area contributed by atoms with Gasteiger partial charge < -0.3 is 0 Å². The van der Waals surface area contributed by atoms with E-state index in [0.29, 0.717) is 12.0 Å². The molecule has 4 aromatic rings. The number of Topliss-reactive ketones (excluding diaryl/α,β-unsaturated/α-hetero) is 1. The number of carbonyl (C=O) groups is 1. The van der Waals surface area contributed by atoms with E-state index >= 15 is 0 Å². The fourth-order valence-corrected chi connectivity index (χ4v) is 2.88. The highest BCUT2D eigenvalue weighted by Gasteiger charge is 2.09. The maximum atomic E-state index is 12.4. The fraction of sp³-hybridized carbons (Fsp3) is 0.0455. The summed E-state index contributed by atoms with van der Waals surface area (Å²) < 4.78 is 0. The molecule has 0 amide bonds. The number of hydrogen-bond acceptors (Lipinski definition) is 3. The normalized spacial score (nSPS) is 11.2. The van der Waals surface area contributed by atoms with E-state index in [4.69, 9.17) is 0 Å². The average molecular weight is 339 g/mol. The molecule has 2 heterocycles. The Kier molecular flexibility index (Phi) is 4.39. The first kappa shape index (κ1) is 16.0. The minimum Gasteiger partial charge on any atom is -0.294 e. The van der Waals surface area contributed by atoms with Crippen molar-refractivity contribution in [1.82, 2.24) is 15.2 Å². The van der Waals surface area contributed by atoms with E-state index in [2.05, 4.69) is 15.2 Å². The quantitative estimate of drug-likeness (QED) is 0.543. The SMILES string of the molecule is O=C(Cc1ccc2n[nH]c(/C=C/c3ccccc3)c2c1)c1ccncc1. The van der Waals surface area contributed by atoms with Gasteiger partial charge in [-0.2, -0.15) is 5.10 Å². The Morgan fingerprint density at radius 3 is 2.58 bits per heavy atom. The van der Waals surface area contributed by atoms with E-state index in [-0.39, 0.29) is 5.78 Å². The Balaban J connectivity index is 1.60. The van der Waals surface area contributed by atoms with E-state index in [0.717, 1.165) is 27.7 Å². The first-order chi connectivity index (χ1) is 12.8. The lowest BCUT2D eigenvalue weighted by atomic mass is 10.0. The van der Waals surface area contributed by atoms with Crippen molar-refractivity contribution in [3.05, 3.63) is 95.4 Å². The Labute approximate surface area is 151 Å². The van der Waals surface area contributed by atoms with Crippen LogP contribution < -0.4 is 0 Å². The van der Waals surface area contributed by atoms with Crippen LogP contribution in [0.25, 0.3) is 23.1 Å². The molecule has 0 radical (unpaired) electrons. The Morgan fingerprint density at radius 1 is 0.962 bits per heavy atom. The van der Waals surface area contributed by atoms with Crippen LogP contribution in [-0.4, -0.2) is 21.0 Å². The molecule has 0 atom stereocenters. The molecule has 0 unspecified atom stereocenters. The van der Waals surface area contributed by atoms with Gasteiger partial charge in [0.2, 0.25) is 0 Å². The summed E-state index contributed by atoms with van der Waals surface area (Å²) in [6.45, 7) is 0. The maximum Gasteiger partial charge on any atom is 0.167 e. The molecule has 0 bridgehead atoms. The number of aromatic amines is 1. The predicted molar refractivity (Wildman–Crippen MR) is 104 cm³/mol. The third kappa shape index (κ3) is 3.44. The Bertz CT molecular complexity index is 1070. The number of rotatable bonds is 5. The summed E-state index contributed by atoms with van der Waals surface area (Å²) in [6, 6.07) is 19.5. The van der Waals surface area contributed by atoms with Crippen LogP contribution >= 0.6 is 0 Å². The van der Waals surface area contributed by atoms with Crippen molar-refractivity contribution in [2.75, 3.05) is 0 Å². The van der Waals surface area contributed by atoms with Gasteiger partial charge in [-0.05, 0) is 41.5 Å². The number of carbonyl (C=O) groups excluding carboxylic acids is 1. The summed E-state index contributed by atoms with van der Waals surface area (Å²) in [5.74, 6) is 0.0802. The lowest BCUT2D eigenvalue weighted by Crippen LogP contribution is -2.03. The van der Waals surface area contributed by atoms with Crippen molar-refractivity contribution >= 4 is 28.8 Å². The lowest BCUT2D eigenvalue weighted by Gasteiger charge is -2.02. The number of H-pyrrole nitrogens is 1. The smallest absolute Gasteiger partial charge is 0.167 e. The molecule has 0 saturated carbocycles. The number of nitrogens with zero attached hydrogens (tertiary/aromatic N) is 2. The summed E-state index contributed by atoms with van der Waals surface area (Å²) in [6.07, 6.45) is 7.69. The zero-order valence-electron chi connectivity index (χ0n) is 14.1. The molecule has 0 saturated heterocycles. The number of fused-ring (bicyclic) bond motifs is 1. The lowest BCUT2D eigenvalue weighted by molar-refractivity contribution is 0.0993. The summed E-state index contributed by atoms with van der Waals surface area (Å²) in [5.41, 5.74) is 4.59. The second-order valence-electron chi connectivity index (χ2n) is 6.07. The van der Waals surface area contributed by atoms with Gasteiger partial charge in [-0.3, -0.25) is 14.9 Å².